The third-order valence-electron chi connectivity index (χ3n) is 6.97. The molecule has 0 amide bonds. The summed E-state index contributed by atoms with van der Waals surface area (Å²) in [6, 6.07) is 22.5. The summed E-state index contributed by atoms with van der Waals surface area (Å²) >= 11 is 0. The Morgan fingerprint density at radius 3 is 2.29 bits per heavy atom. The summed E-state index contributed by atoms with van der Waals surface area (Å²) in [5.41, 5.74) is 6.48. The van der Waals surface area contributed by atoms with Crippen molar-refractivity contribution in [2.24, 2.45) is 0 Å². The fourth-order valence-electron chi connectivity index (χ4n) is 5.05. The number of carbonyl (C=O) groups excluding carboxylic acids is 1. The summed E-state index contributed by atoms with van der Waals surface area (Å²) in [7, 11) is 0. The van der Waals surface area contributed by atoms with Crippen LogP contribution in [-0.2, 0) is 10.2 Å². The van der Waals surface area contributed by atoms with Gasteiger partial charge in [0.1, 0.15) is 0 Å². The maximum atomic E-state index is 13.7. The topological polar surface area (TPSA) is 84.3 Å². The van der Waals surface area contributed by atoms with E-state index in [9.17, 15) is 14.9 Å². The highest BCUT2D eigenvalue weighted by molar-refractivity contribution is 6.01. The van der Waals surface area contributed by atoms with Gasteiger partial charge in [0.2, 0.25) is 0 Å². The molecule has 0 fully saturated rings. The van der Waals surface area contributed by atoms with E-state index in [2.05, 4.69) is 55.7 Å². The lowest BCUT2D eigenvalue weighted by Crippen LogP contribution is -2.27. The van der Waals surface area contributed by atoms with Gasteiger partial charge in [0.15, 0.2) is 5.78 Å². The average Bonchev–Trinajstić information content (AvgIpc) is 3.00. The molecule has 5 rings (SSSR count). The van der Waals surface area contributed by atoms with Gasteiger partial charge < -0.3 is 10.6 Å². The van der Waals surface area contributed by atoms with Crippen LogP contribution in [0.15, 0.2) is 84.1 Å². The molecule has 1 heterocycles. The van der Waals surface area contributed by atoms with Crippen LogP contribution in [0.1, 0.15) is 62.3 Å². The van der Waals surface area contributed by atoms with Gasteiger partial charge >= 0.3 is 0 Å². The molecule has 0 bridgehead atoms. The standard InChI is InChI=1S/C29H29N3O3/c1-29(2,3)21-13-11-18(12-14-21)20-16-25-27(26(33)17-20)28(19-7-6-8-22(15-19)32(34)35)31-24-10-5-4-9-23(24)30-25/h4-15,20,28,30-31H,16-17H2,1-3H3. The smallest absolute Gasteiger partial charge is 0.269 e. The normalized spacial score (nSPS) is 19.7. The summed E-state index contributed by atoms with van der Waals surface area (Å²) in [5.74, 6) is 0.124. The highest BCUT2D eigenvalue weighted by atomic mass is 16.6. The molecule has 0 saturated heterocycles. The Morgan fingerprint density at radius 1 is 0.886 bits per heavy atom. The van der Waals surface area contributed by atoms with Crippen molar-refractivity contribution >= 4 is 22.8 Å². The van der Waals surface area contributed by atoms with E-state index < -0.39 is 11.0 Å². The van der Waals surface area contributed by atoms with Crippen LogP contribution in [0, 0.1) is 10.1 Å². The number of ketones is 1. The van der Waals surface area contributed by atoms with Crippen molar-refractivity contribution in [1.29, 1.82) is 0 Å². The van der Waals surface area contributed by atoms with Crippen LogP contribution in [0.4, 0.5) is 17.1 Å². The number of benzene rings is 3. The highest BCUT2D eigenvalue weighted by Gasteiger charge is 2.36. The van der Waals surface area contributed by atoms with E-state index in [0.29, 0.717) is 24.0 Å². The van der Waals surface area contributed by atoms with E-state index in [4.69, 9.17) is 0 Å². The number of rotatable bonds is 3. The first-order valence-electron chi connectivity index (χ1n) is 11.9. The first-order chi connectivity index (χ1) is 16.7. The number of allylic oxidation sites excluding steroid dienone is 1. The molecule has 35 heavy (non-hydrogen) atoms. The first-order valence-corrected chi connectivity index (χ1v) is 11.9. The molecule has 0 radical (unpaired) electrons. The minimum Gasteiger partial charge on any atom is -0.372 e. The lowest BCUT2D eigenvalue weighted by molar-refractivity contribution is -0.384. The van der Waals surface area contributed by atoms with Crippen LogP contribution in [0.25, 0.3) is 0 Å². The van der Waals surface area contributed by atoms with Crippen molar-refractivity contribution in [3.05, 3.63) is 111 Å². The van der Waals surface area contributed by atoms with Crippen molar-refractivity contribution in [3.8, 4) is 0 Å². The fourth-order valence-corrected chi connectivity index (χ4v) is 5.05. The number of hydrogen-bond donors (Lipinski definition) is 2. The zero-order chi connectivity index (χ0) is 24.7. The molecule has 2 unspecified atom stereocenters. The van der Waals surface area contributed by atoms with Crippen molar-refractivity contribution in [1.82, 2.24) is 0 Å². The van der Waals surface area contributed by atoms with Gasteiger partial charge in [0.25, 0.3) is 5.69 Å². The van der Waals surface area contributed by atoms with Crippen LogP contribution in [0.2, 0.25) is 0 Å². The molecular formula is C29H29N3O3. The van der Waals surface area contributed by atoms with Gasteiger partial charge in [-0.3, -0.25) is 14.9 Å². The van der Waals surface area contributed by atoms with E-state index in [1.807, 2.05) is 30.3 Å². The van der Waals surface area contributed by atoms with Crippen molar-refractivity contribution in [2.45, 2.75) is 51.0 Å². The van der Waals surface area contributed by atoms with Crippen LogP contribution >= 0.6 is 0 Å². The molecule has 178 valence electrons. The quantitative estimate of drug-likeness (QED) is 0.324. The number of para-hydroxylation sites is 2. The van der Waals surface area contributed by atoms with Gasteiger partial charge in [-0.15, -0.1) is 0 Å². The summed E-state index contributed by atoms with van der Waals surface area (Å²) in [6.45, 7) is 6.57. The van der Waals surface area contributed by atoms with Crippen LogP contribution < -0.4 is 10.6 Å². The zero-order valence-electron chi connectivity index (χ0n) is 20.2. The Bertz CT molecular complexity index is 1340. The lowest BCUT2D eigenvalue weighted by Gasteiger charge is -2.30. The number of nitrogens with one attached hydrogen (secondary N) is 2. The number of non-ortho nitro benzene ring substituents is 1. The van der Waals surface area contributed by atoms with Gasteiger partial charge in [0, 0.05) is 29.8 Å². The van der Waals surface area contributed by atoms with Gasteiger partial charge in [-0.1, -0.05) is 69.3 Å². The van der Waals surface area contributed by atoms with Crippen LogP contribution in [-0.4, -0.2) is 10.7 Å². The predicted octanol–water partition coefficient (Wildman–Crippen LogP) is 6.87. The second-order valence-corrected chi connectivity index (χ2v) is 10.4. The molecule has 0 spiro atoms. The Morgan fingerprint density at radius 2 is 1.60 bits per heavy atom. The van der Waals surface area contributed by atoms with Crippen molar-refractivity contribution in [2.75, 3.05) is 10.6 Å². The Labute approximate surface area is 205 Å². The average molecular weight is 468 g/mol. The summed E-state index contributed by atoms with van der Waals surface area (Å²) in [5, 5.41) is 18.4. The number of carbonyl (C=O) groups is 1. The molecule has 6 heteroatoms. The first kappa shape index (κ1) is 22.8. The summed E-state index contributed by atoms with van der Waals surface area (Å²) < 4.78 is 0. The third-order valence-corrected chi connectivity index (χ3v) is 6.97. The SMILES string of the molecule is CC(C)(C)c1ccc(C2CC(=O)C3=C(C2)Nc2ccccc2NC3c2cccc([N+](=O)[O-])c2)cc1. The fraction of sp³-hybridized carbons (Fsp3) is 0.276. The van der Waals surface area contributed by atoms with Crippen LogP contribution in [0.5, 0.6) is 0 Å². The molecular weight excluding hydrogens is 438 g/mol. The highest BCUT2D eigenvalue weighted by Crippen LogP contribution is 2.44. The number of nitro benzene ring substituents is 1. The lowest BCUT2D eigenvalue weighted by atomic mass is 9.77. The van der Waals surface area contributed by atoms with Gasteiger partial charge in [-0.25, -0.2) is 0 Å². The molecule has 2 N–H and O–H groups in total. The Hall–Kier alpha value is -3.93. The van der Waals surface area contributed by atoms with Gasteiger partial charge in [0.05, 0.1) is 22.3 Å². The van der Waals surface area contributed by atoms with Crippen molar-refractivity contribution < 1.29 is 9.72 Å². The van der Waals surface area contributed by atoms with Crippen molar-refractivity contribution in [3.63, 3.8) is 0 Å². The molecule has 2 atom stereocenters. The van der Waals surface area contributed by atoms with E-state index in [0.717, 1.165) is 22.6 Å². The number of fused-ring (bicyclic) bond motifs is 1. The molecule has 0 saturated carbocycles. The monoisotopic (exact) mass is 467 g/mol. The number of nitro groups is 1. The minimum absolute atomic E-state index is 0.0111. The summed E-state index contributed by atoms with van der Waals surface area (Å²) in [4.78, 5) is 24.7. The molecule has 3 aromatic carbocycles. The minimum atomic E-state index is -0.474. The second-order valence-electron chi connectivity index (χ2n) is 10.4. The predicted molar refractivity (Wildman–Crippen MR) is 139 cm³/mol. The molecule has 3 aromatic rings. The maximum absolute atomic E-state index is 13.7. The number of hydrogen-bond acceptors (Lipinski definition) is 5. The van der Waals surface area contributed by atoms with E-state index >= 15 is 0 Å². The number of nitrogens with zero attached hydrogens (tertiary/aromatic N) is 1. The molecule has 1 aliphatic carbocycles. The molecule has 0 aromatic heterocycles. The van der Waals surface area contributed by atoms with Gasteiger partial charge in [-0.2, -0.15) is 0 Å². The van der Waals surface area contributed by atoms with Crippen LogP contribution in [0.3, 0.4) is 0 Å². The van der Waals surface area contributed by atoms with E-state index in [-0.39, 0.29) is 22.8 Å². The largest absolute Gasteiger partial charge is 0.372 e. The summed E-state index contributed by atoms with van der Waals surface area (Å²) in [6.07, 6.45) is 1.09. The zero-order valence-corrected chi connectivity index (χ0v) is 20.2. The maximum Gasteiger partial charge on any atom is 0.269 e. The van der Waals surface area contributed by atoms with E-state index in [1.165, 1.54) is 11.6 Å². The number of Topliss-reactive ketones (excluding diaryl/α,β-unsaturated/α-hetero) is 1. The Balaban J connectivity index is 1.56. The number of anilines is 2. The van der Waals surface area contributed by atoms with Gasteiger partial charge in [-0.05, 0) is 46.6 Å². The molecule has 2 aliphatic rings. The third kappa shape index (κ3) is 4.44. The Kier molecular flexibility index (Phi) is 5.67. The molecule has 6 nitrogen and oxygen atoms in total. The second kappa shape index (κ2) is 8.69. The van der Waals surface area contributed by atoms with E-state index in [1.54, 1.807) is 12.1 Å². The molecule has 1 aliphatic heterocycles.